The Kier molecular flexibility index (Phi) is 5.17. The molecule has 0 aliphatic rings. The summed E-state index contributed by atoms with van der Waals surface area (Å²) in [5, 5.41) is 1.87. The molecule has 2 heterocycles. The number of aryl methyl sites for hydroxylation is 1. The van der Waals surface area contributed by atoms with Crippen molar-refractivity contribution in [3.63, 3.8) is 0 Å². The first-order chi connectivity index (χ1) is 13.3. The average molecular weight is 373 g/mol. The highest BCUT2D eigenvalue weighted by Gasteiger charge is 2.13. The van der Waals surface area contributed by atoms with Gasteiger partial charge >= 0.3 is 0 Å². The third-order valence-electron chi connectivity index (χ3n) is 4.80. The summed E-state index contributed by atoms with van der Waals surface area (Å²) in [5.41, 5.74) is 6.42. The zero-order chi connectivity index (χ0) is 18.6. The maximum atomic E-state index is 6.09. The second-order valence-electron chi connectivity index (χ2n) is 6.69. The lowest BCUT2D eigenvalue weighted by Gasteiger charge is -2.13. The van der Waals surface area contributed by atoms with E-state index < -0.39 is 0 Å². The van der Waals surface area contributed by atoms with Crippen LogP contribution < -0.4 is 0 Å². The van der Waals surface area contributed by atoms with Crippen molar-refractivity contribution < 1.29 is 0 Å². The van der Waals surface area contributed by atoms with Gasteiger partial charge in [0.25, 0.3) is 0 Å². The van der Waals surface area contributed by atoms with Crippen molar-refractivity contribution in [3.05, 3.63) is 83.6 Å². The van der Waals surface area contributed by atoms with Crippen molar-refractivity contribution >= 4 is 22.5 Å². The Hall–Kier alpha value is -2.71. The topological polar surface area (TPSA) is 25.8 Å². The predicted molar refractivity (Wildman–Crippen MR) is 114 cm³/mol. The minimum absolute atomic E-state index is 0.729. The summed E-state index contributed by atoms with van der Waals surface area (Å²) in [4.78, 5) is 9.67. The van der Waals surface area contributed by atoms with E-state index in [0.29, 0.717) is 0 Å². The Balaban J connectivity index is 1.97. The number of hydrogen-bond donors (Lipinski definition) is 0. The number of rotatable bonds is 5. The number of unbranched alkanes of at least 4 members (excludes halogenated alkanes) is 1. The lowest BCUT2D eigenvalue weighted by molar-refractivity contribution is 0.782. The summed E-state index contributed by atoms with van der Waals surface area (Å²) in [6, 6.07) is 22.6. The molecule has 27 heavy (non-hydrogen) atoms. The van der Waals surface area contributed by atoms with Crippen molar-refractivity contribution in [1.29, 1.82) is 0 Å². The normalized spacial score (nSPS) is 11.0. The predicted octanol–water partition coefficient (Wildman–Crippen LogP) is 6.96. The Morgan fingerprint density at radius 2 is 1.67 bits per heavy atom. The molecule has 0 bridgehead atoms. The van der Waals surface area contributed by atoms with Crippen LogP contribution in [0, 0.1) is 0 Å². The molecule has 0 amide bonds. The van der Waals surface area contributed by atoms with E-state index in [4.69, 9.17) is 16.6 Å². The third-order valence-corrected chi connectivity index (χ3v) is 5.05. The van der Waals surface area contributed by atoms with Crippen LogP contribution in [-0.2, 0) is 6.42 Å². The number of pyridine rings is 2. The number of nitrogens with zero attached hydrogens (tertiary/aromatic N) is 2. The molecule has 4 rings (SSSR count). The molecule has 0 aliphatic heterocycles. The molecule has 2 aromatic carbocycles. The fraction of sp³-hybridized carbons (Fsp3) is 0.167. The fourth-order valence-electron chi connectivity index (χ4n) is 3.36. The lowest BCUT2D eigenvalue weighted by atomic mass is 9.96. The van der Waals surface area contributed by atoms with Crippen LogP contribution in [0.5, 0.6) is 0 Å². The Bertz CT molecular complexity index is 1060. The molecule has 3 heteroatoms. The van der Waals surface area contributed by atoms with E-state index in [1.165, 1.54) is 0 Å². The lowest BCUT2D eigenvalue weighted by Crippen LogP contribution is -1.97. The third kappa shape index (κ3) is 3.72. The largest absolute Gasteiger partial charge is 0.261 e. The second-order valence-corrected chi connectivity index (χ2v) is 7.12. The Labute approximate surface area is 164 Å². The summed E-state index contributed by atoms with van der Waals surface area (Å²) >= 11 is 6.09. The number of fused-ring (bicyclic) bond motifs is 1. The van der Waals surface area contributed by atoms with Crippen LogP contribution in [0.3, 0.4) is 0 Å². The van der Waals surface area contributed by atoms with Crippen LogP contribution in [0.1, 0.15) is 25.5 Å². The molecular weight excluding hydrogens is 352 g/mol. The number of benzene rings is 2. The molecule has 0 unspecified atom stereocenters. The Morgan fingerprint density at radius 3 is 2.41 bits per heavy atom. The Morgan fingerprint density at radius 1 is 0.889 bits per heavy atom. The van der Waals surface area contributed by atoms with Crippen molar-refractivity contribution in [2.75, 3.05) is 0 Å². The highest BCUT2D eigenvalue weighted by atomic mass is 35.5. The molecule has 2 aromatic heterocycles. The van der Waals surface area contributed by atoms with Gasteiger partial charge in [-0.2, -0.15) is 0 Å². The number of halogens is 1. The van der Waals surface area contributed by atoms with Crippen LogP contribution in [0.15, 0.2) is 72.9 Å². The summed E-state index contributed by atoms with van der Waals surface area (Å²) in [6.07, 6.45) is 5.13. The molecule has 0 fully saturated rings. The van der Waals surface area contributed by atoms with Crippen molar-refractivity contribution in [2.24, 2.45) is 0 Å². The van der Waals surface area contributed by atoms with E-state index >= 15 is 0 Å². The highest BCUT2D eigenvalue weighted by Crippen LogP contribution is 2.34. The summed E-state index contributed by atoms with van der Waals surface area (Å²) in [7, 11) is 0. The van der Waals surface area contributed by atoms with Crippen molar-refractivity contribution in [1.82, 2.24) is 9.97 Å². The average Bonchev–Trinajstić information content (AvgIpc) is 2.72. The van der Waals surface area contributed by atoms with E-state index in [1.807, 2.05) is 42.6 Å². The summed E-state index contributed by atoms with van der Waals surface area (Å²) in [6.45, 7) is 2.21. The standard InChI is InChI=1S/C24H21ClN2/c1-2-3-9-22-21-16-20(17-7-5-4-6-8-17)24(27-23(21)14-15-26-22)18-10-12-19(25)13-11-18/h4-8,10-16H,2-3,9H2,1H3. The molecule has 0 saturated carbocycles. The van der Waals surface area contributed by atoms with Crippen LogP contribution in [-0.4, -0.2) is 9.97 Å². The second kappa shape index (κ2) is 7.89. The van der Waals surface area contributed by atoms with E-state index in [1.54, 1.807) is 0 Å². The van der Waals surface area contributed by atoms with Crippen LogP contribution >= 0.6 is 11.6 Å². The van der Waals surface area contributed by atoms with Crippen molar-refractivity contribution in [3.8, 4) is 22.4 Å². The SMILES string of the molecule is CCCCc1nccc2nc(-c3ccc(Cl)cc3)c(-c3ccccc3)cc12. The van der Waals surface area contributed by atoms with Gasteiger partial charge in [0.15, 0.2) is 0 Å². The maximum Gasteiger partial charge on any atom is 0.0788 e. The van der Waals surface area contributed by atoms with Crippen molar-refractivity contribution in [2.45, 2.75) is 26.2 Å². The zero-order valence-electron chi connectivity index (χ0n) is 15.3. The minimum Gasteiger partial charge on any atom is -0.261 e. The molecule has 0 spiro atoms. The van der Waals surface area contributed by atoms with Gasteiger partial charge in [0, 0.05) is 33.4 Å². The first-order valence-corrected chi connectivity index (χ1v) is 9.74. The van der Waals surface area contributed by atoms with Gasteiger partial charge in [-0.25, -0.2) is 4.98 Å². The quantitative estimate of drug-likeness (QED) is 0.378. The first kappa shape index (κ1) is 17.7. The maximum absolute atomic E-state index is 6.09. The smallest absolute Gasteiger partial charge is 0.0788 e. The van der Waals surface area contributed by atoms with Gasteiger partial charge < -0.3 is 0 Å². The first-order valence-electron chi connectivity index (χ1n) is 9.36. The molecule has 2 nitrogen and oxygen atoms in total. The summed E-state index contributed by atoms with van der Waals surface area (Å²) in [5.74, 6) is 0. The van der Waals surface area contributed by atoms with Crippen LogP contribution in [0.2, 0.25) is 5.02 Å². The molecule has 0 radical (unpaired) electrons. The van der Waals surface area contributed by atoms with Gasteiger partial charge in [-0.05, 0) is 42.7 Å². The molecule has 0 atom stereocenters. The molecule has 0 saturated heterocycles. The highest BCUT2D eigenvalue weighted by molar-refractivity contribution is 6.30. The number of hydrogen-bond acceptors (Lipinski definition) is 2. The van der Waals surface area contributed by atoms with Gasteiger partial charge in [0.05, 0.1) is 11.2 Å². The minimum atomic E-state index is 0.729. The van der Waals surface area contributed by atoms with E-state index in [2.05, 4.69) is 42.2 Å². The van der Waals surface area contributed by atoms with Crippen LogP contribution in [0.25, 0.3) is 33.3 Å². The monoisotopic (exact) mass is 372 g/mol. The molecule has 0 aliphatic carbocycles. The van der Waals surface area contributed by atoms with Gasteiger partial charge in [-0.1, -0.05) is 67.4 Å². The molecule has 4 aromatic rings. The molecular formula is C24H21ClN2. The molecule has 0 N–H and O–H groups in total. The number of aromatic nitrogens is 2. The van der Waals surface area contributed by atoms with Gasteiger partial charge in [-0.3, -0.25) is 4.98 Å². The van der Waals surface area contributed by atoms with Gasteiger partial charge in [0.2, 0.25) is 0 Å². The van der Waals surface area contributed by atoms with Crippen LogP contribution in [0.4, 0.5) is 0 Å². The van der Waals surface area contributed by atoms with E-state index in [9.17, 15) is 0 Å². The van der Waals surface area contributed by atoms with E-state index in [-0.39, 0.29) is 0 Å². The van der Waals surface area contributed by atoms with E-state index in [0.717, 1.165) is 63.3 Å². The summed E-state index contributed by atoms with van der Waals surface area (Å²) < 4.78 is 0. The fourth-order valence-corrected chi connectivity index (χ4v) is 3.49. The molecule has 134 valence electrons. The van der Waals surface area contributed by atoms with Gasteiger partial charge in [0.1, 0.15) is 0 Å². The van der Waals surface area contributed by atoms with Gasteiger partial charge in [-0.15, -0.1) is 0 Å². The zero-order valence-corrected chi connectivity index (χ0v) is 16.1.